The molecular weight excluding hydrogens is 250 g/mol. The molecule has 0 aromatic carbocycles. The predicted molar refractivity (Wildman–Crippen MR) is 71.9 cm³/mol. The van der Waals surface area contributed by atoms with E-state index < -0.39 is 0 Å². The third-order valence-electron chi connectivity index (χ3n) is 2.97. The molecule has 4 heteroatoms. The molecule has 0 aliphatic heterocycles. The van der Waals surface area contributed by atoms with Gasteiger partial charge < -0.3 is 0 Å². The molecule has 1 aliphatic carbocycles. The molecule has 0 amide bonds. The van der Waals surface area contributed by atoms with Crippen molar-refractivity contribution in [1.29, 1.82) is 0 Å². The van der Waals surface area contributed by atoms with E-state index >= 15 is 0 Å². The van der Waals surface area contributed by atoms with Crippen molar-refractivity contribution in [2.24, 2.45) is 5.41 Å². The van der Waals surface area contributed by atoms with Gasteiger partial charge in [-0.3, -0.25) is 4.79 Å². The zero-order valence-corrected chi connectivity index (χ0v) is 11.5. The van der Waals surface area contributed by atoms with Crippen molar-refractivity contribution in [3.8, 4) is 9.88 Å². The van der Waals surface area contributed by atoms with Gasteiger partial charge in [-0.2, -0.15) is 0 Å². The van der Waals surface area contributed by atoms with Crippen LogP contribution in [0.15, 0.2) is 17.5 Å². The van der Waals surface area contributed by atoms with Crippen LogP contribution in [0.5, 0.6) is 0 Å². The number of carbonyl (C=O) groups is 1. The van der Waals surface area contributed by atoms with Gasteiger partial charge in [-0.25, -0.2) is 4.98 Å². The highest BCUT2D eigenvalue weighted by molar-refractivity contribution is 7.22. The number of ketones is 1. The van der Waals surface area contributed by atoms with Crippen LogP contribution in [-0.2, 0) is 6.42 Å². The fourth-order valence-electron chi connectivity index (χ4n) is 2.23. The van der Waals surface area contributed by atoms with Crippen molar-refractivity contribution in [1.82, 2.24) is 4.98 Å². The molecule has 0 N–H and O–H groups in total. The number of thiazole rings is 1. The Balaban J connectivity index is 2.07. The number of thiophene rings is 1. The first kappa shape index (κ1) is 11.1. The predicted octanol–water partition coefficient (Wildman–Crippen LogP) is 4.03. The van der Waals surface area contributed by atoms with Gasteiger partial charge >= 0.3 is 0 Å². The summed E-state index contributed by atoms with van der Waals surface area (Å²) in [6, 6.07) is 4.08. The number of nitrogens with zero attached hydrogens (tertiary/aromatic N) is 1. The van der Waals surface area contributed by atoms with Gasteiger partial charge in [0, 0.05) is 6.42 Å². The molecule has 17 heavy (non-hydrogen) atoms. The van der Waals surface area contributed by atoms with Crippen LogP contribution in [0.2, 0.25) is 0 Å². The second-order valence-electron chi connectivity index (χ2n) is 5.21. The van der Waals surface area contributed by atoms with Gasteiger partial charge in [0.25, 0.3) is 0 Å². The van der Waals surface area contributed by atoms with E-state index in [0.29, 0.717) is 6.42 Å². The zero-order valence-electron chi connectivity index (χ0n) is 9.82. The lowest BCUT2D eigenvalue weighted by Gasteiger charge is -2.26. The maximum Gasteiger partial charge on any atom is 0.175 e. The second kappa shape index (κ2) is 3.75. The molecule has 0 spiro atoms. The highest BCUT2D eigenvalue weighted by Gasteiger charge is 2.33. The molecular formula is C13H13NOS2. The van der Waals surface area contributed by atoms with E-state index in [4.69, 9.17) is 0 Å². The molecule has 88 valence electrons. The molecule has 1 aliphatic rings. The Kier molecular flexibility index (Phi) is 2.45. The molecule has 0 fully saturated rings. The smallest absolute Gasteiger partial charge is 0.175 e. The molecule has 2 aromatic heterocycles. The van der Waals surface area contributed by atoms with Crippen LogP contribution in [0.4, 0.5) is 0 Å². The van der Waals surface area contributed by atoms with E-state index in [1.807, 2.05) is 11.4 Å². The van der Waals surface area contributed by atoms with Gasteiger partial charge in [-0.1, -0.05) is 19.9 Å². The van der Waals surface area contributed by atoms with Gasteiger partial charge in [-0.15, -0.1) is 22.7 Å². The molecule has 0 radical (unpaired) electrons. The number of fused-ring (bicyclic) bond motifs is 1. The van der Waals surface area contributed by atoms with E-state index in [0.717, 1.165) is 26.9 Å². The van der Waals surface area contributed by atoms with Crippen LogP contribution in [0, 0.1) is 5.41 Å². The lowest BCUT2D eigenvalue weighted by Crippen LogP contribution is -2.25. The van der Waals surface area contributed by atoms with E-state index in [2.05, 4.69) is 24.9 Å². The van der Waals surface area contributed by atoms with Crippen molar-refractivity contribution in [3.05, 3.63) is 28.1 Å². The van der Waals surface area contributed by atoms with Crippen LogP contribution in [0.25, 0.3) is 9.88 Å². The summed E-state index contributed by atoms with van der Waals surface area (Å²) >= 11 is 3.23. The number of Topliss-reactive ketones (excluding diaryl/α,β-unsaturated/α-hetero) is 1. The van der Waals surface area contributed by atoms with Crippen LogP contribution in [0.1, 0.15) is 35.6 Å². The number of aromatic nitrogens is 1. The second-order valence-corrected chi connectivity index (χ2v) is 7.16. The van der Waals surface area contributed by atoms with E-state index in [1.165, 1.54) is 0 Å². The Morgan fingerprint density at radius 2 is 2.18 bits per heavy atom. The van der Waals surface area contributed by atoms with E-state index in [-0.39, 0.29) is 11.2 Å². The summed E-state index contributed by atoms with van der Waals surface area (Å²) in [5, 5.41) is 3.04. The van der Waals surface area contributed by atoms with Crippen molar-refractivity contribution < 1.29 is 4.79 Å². The molecule has 2 heterocycles. The van der Waals surface area contributed by atoms with Gasteiger partial charge in [-0.05, 0) is 23.3 Å². The monoisotopic (exact) mass is 263 g/mol. The first-order valence-corrected chi connectivity index (χ1v) is 7.32. The van der Waals surface area contributed by atoms with Gasteiger partial charge in [0.2, 0.25) is 0 Å². The minimum atomic E-state index is 0.0604. The van der Waals surface area contributed by atoms with Crippen molar-refractivity contribution >= 4 is 28.5 Å². The third kappa shape index (κ3) is 1.96. The van der Waals surface area contributed by atoms with Gasteiger partial charge in [0.05, 0.1) is 15.4 Å². The molecule has 3 rings (SSSR count). The minimum absolute atomic E-state index is 0.0604. The summed E-state index contributed by atoms with van der Waals surface area (Å²) in [5.41, 5.74) is 1.06. The zero-order chi connectivity index (χ0) is 12.0. The molecule has 0 atom stereocenters. The quantitative estimate of drug-likeness (QED) is 0.777. The summed E-state index contributed by atoms with van der Waals surface area (Å²) in [6.45, 7) is 4.27. The number of carbonyl (C=O) groups excluding carboxylic acids is 1. The van der Waals surface area contributed by atoms with Crippen molar-refractivity contribution in [3.63, 3.8) is 0 Å². The average molecular weight is 263 g/mol. The molecule has 0 bridgehead atoms. The highest BCUT2D eigenvalue weighted by atomic mass is 32.1. The lowest BCUT2D eigenvalue weighted by molar-refractivity contribution is 0.0916. The van der Waals surface area contributed by atoms with Gasteiger partial charge in [0.15, 0.2) is 5.78 Å². The van der Waals surface area contributed by atoms with Crippen molar-refractivity contribution in [2.75, 3.05) is 0 Å². The first-order chi connectivity index (χ1) is 8.05. The Labute approximate surface area is 108 Å². The summed E-state index contributed by atoms with van der Waals surface area (Å²) in [7, 11) is 0. The fourth-order valence-corrected chi connectivity index (χ4v) is 4.04. The number of hydrogen-bond acceptors (Lipinski definition) is 4. The molecule has 0 unspecified atom stereocenters. The highest BCUT2D eigenvalue weighted by Crippen LogP contribution is 2.40. The Hall–Kier alpha value is -1.00. The normalized spacial score (nSPS) is 18.1. The molecule has 0 saturated carbocycles. The van der Waals surface area contributed by atoms with Gasteiger partial charge in [0.1, 0.15) is 5.01 Å². The standard InChI is InChI=1S/C13H13NOS2/c1-13(2)6-8-11(9(15)7-13)17-12(14-8)10-4-3-5-16-10/h3-5H,6-7H2,1-2H3. The fraction of sp³-hybridized carbons (Fsp3) is 0.385. The summed E-state index contributed by atoms with van der Waals surface area (Å²) in [6.07, 6.45) is 1.56. The van der Waals surface area contributed by atoms with Crippen LogP contribution in [-0.4, -0.2) is 10.8 Å². The third-order valence-corrected chi connectivity index (χ3v) is 5.15. The van der Waals surface area contributed by atoms with E-state index in [1.54, 1.807) is 22.7 Å². The van der Waals surface area contributed by atoms with Crippen LogP contribution < -0.4 is 0 Å². The molecule has 0 saturated heterocycles. The van der Waals surface area contributed by atoms with Crippen LogP contribution in [0.3, 0.4) is 0 Å². The Bertz CT molecular complexity index is 566. The van der Waals surface area contributed by atoms with E-state index in [9.17, 15) is 4.79 Å². The first-order valence-electron chi connectivity index (χ1n) is 5.62. The topological polar surface area (TPSA) is 30.0 Å². The van der Waals surface area contributed by atoms with Crippen molar-refractivity contribution in [2.45, 2.75) is 26.7 Å². The lowest BCUT2D eigenvalue weighted by atomic mass is 9.78. The maximum atomic E-state index is 12.1. The Morgan fingerprint density at radius 1 is 1.35 bits per heavy atom. The SMILES string of the molecule is CC1(C)CC(=O)c2sc(-c3cccs3)nc2C1. The maximum absolute atomic E-state index is 12.1. The number of rotatable bonds is 1. The number of hydrogen-bond donors (Lipinski definition) is 0. The molecule has 2 aromatic rings. The average Bonchev–Trinajstić information content (AvgIpc) is 2.81. The van der Waals surface area contributed by atoms with Crippen LogP contribution >= 0.6 is 22.7 Å². The molecule has 2 nitrogen and oxygen atoms in total. The summed E-state index contributed by atoms with van der Waals surface area (Å²) in [5.74, 6) is 0.261. The summed E-state index contributed by atoms with van der Waals surface area (Å²) < 4.78 is 0. The Morgan fingerprint density at radius 3 is 2.88 bits per heavy atom. The largest absolute Gasteiger partial charge is 0.293 e. The minimum Gasteiger partial charge on any atom is -0.293 e. The summed E-state index contributed by atoms with van der Waals surface area (Å²) in [4.78, 5) is 18.7.